The predicted octanol–water partition coefficient (Wildman–Crippen LogP) is 2.75. The van der Waals surface area contributed by atoms with Crippen molar-refractivity contribution in [3.63, 3.8) is 0 Å². The second-order valence-corrected chi connectivity index (χ2v) is 5.47. The number of carbonyl (C=O) groups excluding carboxylic acids is 1. The molecule has 1 atom stereocenters. The summed E-state index contributed by atoms with van der Waals surface area (Å²) in [6.45, 7) is 2.17. The average Bonchev–Trinajstić information content (AvgIpc) is 2.29. The van der Waals surface area contributed by atoms with E-state index in [1.807, 2.05) is 0 Å². The zero-order chi connectivity index (χ0) is 12.7. The standard InChI is InChI=1S/C14H27NO2/c1-2-3-4-6-9-12(13(15)16)14(17)10-7-5-8-11-14/h12,17H,2-11H2,1H3,(H2,15,16). The number of carbonyl (C=O) groups is 1. The van der Waals surface area contributed by atoms with Gasteiger partial charge in [0.05, 0.1) is 11.5 Å². The normalized spacial score (nSPS) is 21.1. The van der Waals surface area contributed by atoms with Crippen molar-refractivity contribution < 1.29 is 9.90 Å². The SMILES string of the molecule is CCCCCCC(C(N)=O)C1(O)CCCCC1. The van der Waals surface area contributed by atoms with Gasteiger partial charge in [-0.15, -0.1) is 0 Å². The molecule has 3 N–H and O–H groups in total. The highest BCUT2D eigenvalue weighted by Crippen LogP contribution is 2.36. The van der Waals surface area contributed by atoms with Gasteiger partial charge in [0, 0.05) is 0 Å². The van der Waals surface area contributed by atoms with Crippen LogP contribution in [-0.2, 0) is 4.79 Å². The van der Waals surface area contributed by atoms with Crippen LogP contribution in [0, 0.1) is 5.92 Å². The molecule has 0 spiro atoms. The van der Waals surface area contributed by atoms with Gasteiger partial charge < -0.3 is 10.8 Å². The number of hydrogen-bond donors (Lipinski definition) is 2. The Hall–Kier alpha value is -0.570. The molecule has 0 aliphatic heterocycles. The lowest BCUT2D eigenvalue weighted by molar-refractivity contribution is -0.135. The molecule has 0 saturated heterocycles. The second kappa shape index (κ2) is 7.00. The van der Waals surface area contributed by atoms with Crippen LogP contribution in [0.2, 0.25) is 0 Å². The Kier molecular flexibility index (Phi) is 5.96. The minimum absolute atomic E-state index is 0.314. The van der Waals surface area contributed by atoms with Gasteiger partial charge in [0.15, 0.2) is 0 Å². The van der Waals surface area contributed by atoms with Crippen LogP contribution in [-0.4, -0.2) is 16.6 Å². The lowest BCUT2D eigenvalue weighted by Gasteiger charge is -2.37. The van der Waals surface area contributed by atoms with Crippen molar-refractivity contribution in [2.45, 2.75) is 76.7 Å². The third-order valence-corrected chi connectivity index (χ3v) is 4.06. The van der Waals surface area contributed by atoms with E-state index in [0.29, 0.717) is 0 Å². The Morgan fingerprint density at radius 2 is 1.88 bits per heavy atom. The fourth-order valence-corrected chi connectivity index (χ4v) is 2.96. The molecule has 100 valence electrons. The molecule has 1 aliphatic carbocycles. The lowest BCUT2D eigenvalue weighted by Crippen LogP contribution is -2.46. The Labute approximate surface area is 105 Å². The minimum Gasteiger partial charge on any atom is -0.389 e. The zero-order valence-corrected chi connectivity index (χ0v) is 11.1. The maximum atomic E-state index is 11.5. The van der Waals surface area contributed by atoms with Crippen molar-refractivity contribution in [1.29, 1.82) is 0 Å². The molecule has 1 aliphatic rings. The molecular formula is C14H27NO2. The zero-order valence-electron chi connectivity index (χ0n) is 11.1. The van der Waals surface area contributed by atoms with Crippen LogP contribution >= 0.6 is 0 Å². The summed E-state index contributed by atoms with van der Waals surface area (Å²) in [4.78, 5) is 11.5. The number of amides is 1. The van der Waals surface area contributed by atoms with Crippen molar-refractivity contribution in [3.8, 4) is 0 Å². The van der Waals surface area contributed by atoms with Gasteiger partial charge in [0.25, 0.3) is 0 Å². The molecule has 1 unspecified atom stereocenters. The van der Waals surface area contributed by atoms with Crippen molar-refractivity contribution >= 4 is 5.91 Å². The van der Waals surface area contributed by atoms with Gasteiger partial charge in [-0.05, 0) is 19.3 Å². The van der Waals surface area contributed by atoms with E-state index in [0.717, 1.165) is 44.9 Å². The summed E-state index contributed by atoms with van der Waals surface area (Å²) < 4.78 is 0. The van der Waals surface area contributed by atoms with Crippen LogP contribution in [0.3, 0.4) is 0 Å². The first-order chi connectivity index (χ1) is 8.10. The Morgan fingerprint density at radius 1 is 1.24 bits per heavy atom. The van der Waals surface area contributed by atoms with E-state index >= 15 is 0 Å². The summed E-state index contributed by atoms with van der Waals surface area (Å²) in [5, 5.41) is 10.6. The molecule has 17 heavy (non-hydrogen) atoms. The molecule has 0 bridgehead atoms. The molecule has 0 aromatic carbocycles. The van der Waals surface area contributed by atoms with Crippen LogP contribution < -0.4 is 5.73 Å². The summed E-state index contributed by atoms with van der Waals surface area (Å²) in [5.41, 5.74) is 4.66. The average molecular weight is 241 g/mol. The molecular weight excluding hydrogens is 214 g/mol. The van der Waals surface area contributed by atoms with Gasteiger partial charge in [-0.3, -0.25) is 4.79 Å². The van der Waals surface area contributed by atoms with Gasteiger partial charge in [0.2, 0.25) is 5.91 Å². The van der Waals surface area contributed by atoms with Crippen molar-refractivity contribution in [2.75, 3.05) is 0 Å². The van der Waals surface area contributed by atoms with E-state index in [1.165, 1.54) is 19.3 Å². The molecule has 0 aromatic rings. The van der Waals surface area contributed by atoms with Crippen LogP contribution in [0.4, 0.5) is 0 Å². The first-order valence-corrected chi connectivity index (χ1v) is 7.12. The molecule has 1 saturated carbocycles. The Balaban J connectivity index is 2.49. The van der Waals surface area contributed by atoms with Crippen LogP contribution in [0.5, 0.6) is 0 Å². The number of aliphatic hydroxyl groups is 1. The molecule has 1 rings (SSSR count). The third kappa shape index (κ3) is 4.30. The minimum atomic E-state index is -0.809. The van der Waals surface area contributed by atoms with Crippen LogP contribution in [0.1, 0.15) is 71.1 Å². The second-order valence-electron chi connectivity index (χ2n) is 5.47. The van der Waals surface area contributed by atoms with Gasteiger partial charge in [-0.1, -0.05) is 51.9 Å². The van der Waals surface area contributed by atoms with Gasteiger partial charge in [-0.2, -0.15) is 0 Å². The predicted molar refractivity (Wildman–Crippen MR) is 69.5 cm³/mol. The van der Waals surface area contributed by atoms with E-state index in [2.05, 4.69) is 6.92 Å². The maximum Gasteiger partial charge on any atom is 0.223 e. The number of primary amides is 1. The van der Waals surface area contributed by atoms with Crippen LogP contribution in [0.15, 0.2) is 0 Å². The number of hydrogen-bond acceptors (Lipinski definition) is 2. The highest BCUT2D eigenvalue weighted by molar-refractivity contribution is 5.78. The molecule has 0 radical (unpaired) electrons. The Morgan fingerprint density at radius 3 is 2.41 bits per heavy atom. The molecule has 1 amide bonds. The molecule has 1 fully saturated rings. The number of unbranched alkanes of at least 4 members (excludes halogenated alkanes) is 3. The summed E-state index contributed by atoms with van der Waals surface area (Å²) in [6.07, 6.45) is 9.98. The van der Waals surface area contributed by atoms with E-state index in [-0.39, 0.29) is 11.8 Å². The highest BCUT2D eigenvalue weighted by Gasteiger charge is 2.40. The summed E-state index contributed by atoms with van der Waals surface area (Å²) in [6, 6.07) is 0. The summed E-state index contributed by atoms with van der Waals surface area (Å²) >= 11 is 0. The molecule has 0 aromatic heterocycles. The van der Waals surface area contributed by atoms with E-state index < -0.39 is 5.60 Å². The van der Waals surface area contributed by atoms with E-state index in [1.54, 1.807) is 0 Å². The highest BCUT2D eigenvalue weighted by atomic mass is 16.3. The number of rotatable bonds is 7. The largest absolute Gasteiger partial charge is 0.389 e. The molecule has 3 nitrogen and oxygen atoms in total. The maximum absolute atomic E-state index is 11.5. The molecule has 3 heteroatoms. The van der Waals surface area contributed by atoms with E-state index in [9.17, 15) is 9.90 Å². The fraction of sp³-hybridized carbons (Fsp3) is 0.929. The molecule has 0 heterocycles. The van der Waals surface area contributed by atoms with Gasteiger partial charge >= 0.3 is 0 Å². The first kappa shape index (κ1) is 14.5. The fourth-order valence-electron chi connectivity index (χ4n) is 2.96. The van der Waals surface area contributed by atoms with Gasteiger partial charge in [0.1, 0.15) is 0 Å². The van der Waals surface area contributed by atoms with E-state index in [4.69, 9.17) is 5.73 Å². The van der Waals surface area contributed by atoms with Crippen molar-refractivity contribution in [3.05, 3.63) is 0 Å². The Bertz CT molecular complexity index is 234. The summed E-state index contributed by atoms with van der Waals surface area (Å²) in [5.74, 6) is -0.648. The third-order valence-electron chi connectivity index (χ3n) is 4.06. The number of nitrogens with two attached hydrogens (primary N) is 1. The topological polar surface area (TPSA) is 63.3 Å². The monoisotopic (exact) mass is 241 g/mol. The van der Waals surface area contributed by atoms with Crippen LogP contribution in [0.25, 0.3) is 0 Å². The van der Waals surface area contributed by atoms with Crippen molar-refractivity contribution in [2.24, 2.45) is 11.7 Å². The van der Waals surface area contributed by atoms with Crippen molar-refractivity contribution in [1.82, 2.24) is 0 Å². The quantitative estimate of drug-likeness (QED) is 0.673. The summed E-state index contributed by atoms with van der Waals surface area (Å²) in [7, 11) is 0. The first-order valence-electron chi connectivity index (χ1n) is 7.12. The smallest absolute Gasteiger partial charge is 0.223 e. The lowest BCUT2D eigenvalue weighted by atomic mass is 9.73. The van der Waals surface area contributed by atoms with Gasteiger partial charge in [-0.25, -0.2) is 0 Å².